The molecule has 1 aliphatic heterocycles. The second-order valence-corrected chi connectivity index (χ2v) is 9.94. The molecule has 3 aromatic carbocycles. The van der Waals surface area contributed by atoms with Crippen LogP contribution in [0, 0.1) is 37.7 Å². The van der Waals surface area contributed by atoms with E-state index < -0.39 is 41.3 Å². The maximum Gasteiger partial charge on any atom is 0.417 e. The Labute approximate surface area is 225 Å². The largest absolute Gasteiger partial charge is 0.417 e. The fourth-order valence-corrected chi connectivity index (χ4v) is 5.03. The normalized spacial score (nSPS) is 17.4. The molecule has 2 atom stereocenters. The first-order valence-corrected chi connectivity index (χ1v) is 12.5. The summed E-state index contributed by atoms with van der Waals surface area (Å²) in [6.45, 7) is 3.21. The number of hydrogen-bond donors (Lipinski definition) is 1. The highest BCUT2D eigenvalue weighted by Gasteiger charge is 2.41. The Kier molecular flexibility index (Phi) is 7.86. The van der Waals surface area contributed by atoms with Gasteiger partial charge in [0.25, 0.3) is 5.91 Å². The van der Waals surface area contributed by atoms with Crippen molar-refractivity contribution in [2.45, 2.75) is 38.9 Å². The topological polar surface area (TPSA) is 52.7 Å². The SMILES string of the molecule is Cc1c#cc(NC(=O)[C@H]2CCCN(C(=O)c3c(C)cccc3F)[C@H]2c2ccc(N(C)C)cc2)cc1C(F)(F)F. The highest BCUT2D eigenvalue weighted by atomic mass is 19.4. The van der Waals surface area contributed by atoms with Gasteiger partial charge in [-0.25, -0.2) is 4.39 Å². The number of piperidine rings is 1. The highest BCUT2D eigenvalue weighted by Crippen LogP contribution is 2.39. The maximum absolute atomic E-state index is 14.8. The van der Waals surface area contributed by atoms with Gasteiger partial charge in [0.2, 0.25) is 5.91 Å². The summed E-state index contributed by atoms with van der Waals surface area (Å²) in [4.78, 5) is 30.7. The number of carbonyl (C=O) groups excluding carboxylic acids is 2. The summed E-state index contributed by atoms with van der Waals surface area (Å²) in [6.07, 6.45) is -3.77. The number of carbonyl (C=O) groups is 2. The molecule has 204 valence electrons. The molecular formula is C30H29F4N3O2. The molecule has 5 nitrogen and oxygen atoms in total. The number of alkyl halides is 3. The van der Waals surface area contributed by atoms with Gasteiger partial charge >= 0.3 is 6.18 Å². The Hall–Kier alpha value is -4.06. The molecule has 9 heteroatoms. The van der Waals surface area contributed by atoms with Crippen molar-refractivity contribution >= 4 is 23.2 Å². The van der Waals surface area contributed by atoms with Crippen LogP contribution in [0.25, 0.3) is 0 Å². The Balaban J connectivity index is 1.73. The molecule has 0 saturated carbocycles. The molecule has 0 spiro atoms. The summed E-state index contributed by atoms with van der Waals surface area (Å²) >= 11 is 0. The Morgan fingerprint density at radius 1 is 1.05 bits per heavy atom. The molecule has 0 radical (unpaired) electrons. The van der Waals surface area contributed by atoms with Gasteiger partial charge in [0.05, 0.1) is 28.8 Å². The van der Waals surface area contributed by atoms with Crippen LogP contribution < -0.4 is 10.2 Å². The van der Waals surface area contributed by atoms with Crippen molar-refractivity contribution in [1.29, 1.82) is 0 Å². The molecule has 39 heavy (non-hydrogen) atoms. The standard InChI is InChI=1S/C30H29F4N3O2/c1-18-10-13-21(17-24(18)30(32,33)34)35-28(38)23-8-6-16-37(29(39)26-19(2)7-5-9-25(26)31)27(23)20-11-14-22(15-12-20)36(3)4/h5,7,9,11-12,14-15,17,23,27H,6,8,16H2,1-4H3,(H,35,38)/t23-,27-/m0/s1. The Morgan fingerprint density at radius 2 is 1.74 bits per heavy atom. The lowest BCUT2D eigenvalue weighted by Crippen LogP contribution is -2.46. The number of nitrogens with zero attached hydrogens (tertiary/aromatic N) is 2. The van der Waals surface area contributed by atoms with Gasteiger partial charge < -0.3 is 15.1 Å². The van der Waals surface area contributed by atoms with Crippen molar-refractivity contribution in [2.24, 2.45) is 5.92 Å². The molecule has 1 fully saturated rings. The van der Waals surface area contributed by atoms with Crippen molar-refractivity contribution < 1.29 is 27.2 Å². The molecule has 1 saturated heterocycles. The molecule has 3 aromatic rings. The fraction of sp³-hybridized carbons (Fsp3) is 0.333. The predicted molar refractivity (Wildman–Crippen MR) is 141 cm³/mol. The molecular weight excluding hydrogens is 510 g/mol. The van der Waals surface area contributed by atoms with Gasteiger partial charge in [-0.2, -0.15) is 13.2 Å². The Morgan fingerprint density at radius 3 is 2.36 bits per heavy atom. The summed E-state index contributed by atoms with van der Waals surface area (Å²) in [7, 11) is 3.76. The van der Waals surface area contributed by atoms with Crippen LogP contribution in [0.3, 0.4) is 0 Å². The van der Waals surface area contributed by atoms with E-state index in [4.69, 9.17) is 0 Å². The van der Waals surface area contributed by atoms with Gasteiger partial charge in [-0.15, -0.1) is 0 Å². The van der Waals surface area contributed by atoms with Crippen LogP contribution >= 0.6 is 0 Å². The molecule has 0 unspecified atom stereocenters. The lowest BCUT2D eigenvalue weighted by molar-refractivity contribution is -0.138. The molecule has 0 aromatic heterocycles. The third kappa shape index (κ3) is 5.85. The smallest absolute Gasteiger partial charge is 0.378 e. The minimum absolute atomic E-state index is 0.0650. The van der Waals surface area contributed by atoms with Crippen molar-refractivity contribution in [1.82, 2.24) is 4.90 Å². The molecule has 1 aliphatic rings. The Bertz CT molecular complexity index is 1350. The van der Waals surface area contributed by atoms with Gasteiger partial charge in [-0.3, -0.25) is 9.59 Å². The molecule has 1 N–H and O–H groups in total. The minimum Gasteiger partial charge on any atom is -0.378 e. The quantitative estimate of drug-likeness (QED) is 0.384. The number of benzene rings is 2. The fourth-order valence-electron chi connectivity index (χ4n) is 5.03. The second kappa shape index (κ2) is 11.0. The van der Waals surface area contributed by atoms with Crippen LogP contribution in [0.1, 0.15) is 51.5 Å². The third-order valence-electron chi connectivity index (χ3n) is 7.06. The van der Waals surface area contributed by atoms with E-state index in [0.29, 0.717) is 30.5 Å². The van der Waals surface area contributed by atoms with Crippen LogP contribution in [0.15, 0.2) is 48.5 Å². The van der Waals surface area contributed by atoms with Crippen molar-refractivity contribution in [3.05, 3.63) is 94.3 Å². The highest BCUT2D eigenvalue weighted by molar-refractivity contribution is 5.98. The first-order chi connectivity index (χ1) is 18.4. The van der Waals surface area contributed by atoms with Crippen LogP contribution in [0.4, 0.5) is 28.9 Å². The van der Waals surface area contributed by atoms with E-state index in [1.165, 1.54) is 24.0 Å². The summed E-state index contributed by atoms with van der Waals surface area (Å²) in [5, 5.41) is 2.56. The van der Waals surface area contributed by atoms with Crippen LogP contribution in [-0.2, 0) is 11.0 Å². The van der Waals surface area contributed by atoms with Crippen LogP contribution in [-0.4, -0.2) is 37.4 Å². The predicted octanol–water partition coefficient (Wildman–Crippen LogP) is 6.36. The van der Waals surface area contributed by atoms with Crippen LogP contribution in [0.5, 0.6) is 0 Å². The zero-order chi connectivity index (χ0) is 28.5. The van der Waals surface area contributed by atoms with E-state index in [9.17, 15) is 27.2 Å². The van der Waals surface area contributed by atoms with E-state index >= 15 is 0 Å². The molecule has 4 rings (SSSR count). The third-order valence-corrected chi connectivity index (χ3v) is 7.06. The molecule has 0 aliphatic carbocycles. The van der Waals surface area contributed by atoms with Gasteiger partial charge in [0, 0.05) is 31.9 Å². The lowest BCUT2D eigenvalue weighted by Gasteiger charge is -2.41. The van der Waals surface area contributed by atoms with E-state index in [0.717, 1.165) is 11.8 Å². The molecule has 0 bridgehead atoms. The average Bonchev–Trinajstić information content (AvgIpc) is 2.88. The first kappa shape index (κ1) is 28.0. The van der Waals surface area contributed by atoms with Gasteiger partial charge in [-0.05, 0) is 68.1 Å². The average molecular weight is 540 g/mol. The summed E-state index contributed by atoms with van der Waals surface area (Å²) in [6, 6.07) is 16.8. The molecule has 1 heterocycles. The first-order valence-electron chi connectivity index (χ1n) is 12.5. The number of likely N-dealkylation sites (tertiary alicyclic amines) is 1. The van der Waals surface area contributed by atoms with E-state index in [2.05, 4.69) is 17.4 Å². The molecule has 2 amide bonds. The number of halogens is 4. The lowest BCUT2D eigenvalue weighted by atomic mass is 9.83. The summed E-state index contributed by atoms with van der Waals surface area (Å²) in [5.74, 6) is -2.55. The van der Waals surface area contributed by atoms with Gasteiger partial charge in [0.15, 0.2) is 0 Å². The van der Waals surface area contributed by atoms with Gasteiger partial charge in [0.1, 0.15) is 5.82 Å². The summed E-state index contributed by atoms with van der Waals surface area (Å²) in [5.41, 5.74) is 0.772. The van der Waals surface area contributed by atoms with Crippen molar-refractivity contribution in [3.8, 4) is 0 Å². The monoisotopic (exact) mass is 539 g/mol. The number of nitrogens with one attached hydrogen (secondary N) is 1. The number of aryl methyl sites for hydroxylation is 1. The van der Waals surface area contributed by atoms with Crippen molar-refractivity contribution in [2.75, 3.05) is 30.9 Å². The van der Waals surface area contributed by atoms with E-state index in [-0.39, 0.29) is 16.8 Å². The van der Waals surface area contributed by atoms with Gasteiger partial charge in [-0.1, -0.05) is 30.3 Å². The summed E-state index contributed by atoms with van der Waals surface area (Å²) < 4.78 is 55.1. The van der Waals surface area contributed by atoms with E-state index in [1.54, 1.807) is 13.0 Å². The zero-order valence-corrected chi connectivity index (χ0v) is 22.1. The number of anilines is 2. The van der Waals surface area contributed by atoms with Crippen LogP contribution in [0.2, 0.25) is 0 Å². The second-order valence-electron chi connectivity index (χ2n) is 9.94. The zero-order valence-electron chi connectivity index (χ0n) is 22.1. The van der Waals surface area contributed by atoms with Crippen molar-refractivity contribution in [3.63, 3.8) is 0 Å². The number of amides is 2. The maximum atomic E-state index is 14.8. The minimum atomic E-state index is -4.61. The van der Waals surface area contributed by atoms with E-state index in [1.807, 2.05) is 43.3 Å². The number of rotatable bonds is 5. The number of hydrogen-bond acceptors (Lipinski definition) is 3.